The monoisotopic (exact) mass is 467 g/mol. The molecule has 0 saturated carbocycles. The number of anilines is 1. The van der Waals surface area contributed by atoms with Crippen LogP contribution in [0.5, 0.6) is 0 Å². The molecule has 1 heterocycles. The number of hydrogen-bond donors (Lipinski definition) is 1. The van der Waals surface area contributed by atoms with Crippen LogP contribution in [0, 0.1) is 24.0 Å². The van der Waals surface area contributed by atoms with Crippen molar-refractivity contribution in [3.8, 4) is 0 Å². The van der Waals surface area contributed by atoms with Crippen molar-refractivity contribution in [1.82, 2.24) is 5.32 Å². The molecule has 0 saturated heterocycles. The Labute approximate surface area is 198 Å². The standard InChI is InChI=1S/C25H29N3O6/c1-15-11-16(2)13-18(12-15)25(21(14-27(32)33)26-17(3)29)19-9-7-8-10-20(19)28(22(25)30)23(31)34-24(4,5)6/h7-13,21H,14H2,1-6H3,(H,26,29)/t21-,25-/m1/s1. The molecule has 1 N–H and O–H groups in total. The number of amides is 3. The third-order valence-electron chi connectivity index (χ3n) is 5.60. The molecule has 0 spiro atoms. The van der Waals surface area contributed by atoms with E-state index < -0.39 is 46.4 Å². The molecule has 0 unspecified atom stereocenters. The zero-order valence-electron chi connectivity index (χ0n) is 20.2. The molecule has 0 fully saturated rings. The van der Waals surface area contributed by atoms with E-state index in [9.17, 15) is 24.5 Å². The number of ether oxygens (including phenoxy) is 1. The summed E-state index contributed by atoms with van der Waals surface area (Å²) < 4.78 is 5.51. The summed E-state index contributed by atoms with van der Waals surface area (Å²) in [5.41, 5.74) is 0.166. The topological polar surface area (TPSA) is 119 Å². The molecule has 180 valence electrons. The van der Waals surface area contributed by atoms with Crippen LogP contribution in [0.15, 0.2) is 42.5 Å². The lowest BCUT2D eigenvalue weighted by molar-refractivity contribution is -0.484. The van der Waals surface area contributed by atoms with Crippen molar-refractivity contribution in [3.05, 3.63) is 74.8 Å². The molecule has 9 nitrogen and oxygen atoms in total. The minimum Gasteiger partial charge on any atom is -0.443 e. The number of para-hydroxylation sites is 1. The molecule has 0 aromatic heterocycles. The van der Waals surface area contributed by atoms with Crippen molar-refractivity contribution >= 4 is 23.6 Å². The SMILES string of the molecule is CC(=O)N[C@H](C[N+](=O)[O-])[C@]1(c2cc(C)cc(C)c2)C(=O)N(C(=O)OC(C)(C)C)c2ccccc21. The average molecular weight is 468 g/mol. The molecule has 2 aromatic carbocycles. The summed E-state index contributed by atoms with van der Waals surface area (Å²) in [6, 6.07) is 10.8. The maximum atomic E-state index is 14.3. The molecule has 0 radical (unpaired) electrons. The van der Waals surface area contributed by atoms with Crippen LogP contribution in [0.25, 0.3) is 0 Å². The van der Waals surface area contributed by atoms with E-state index >= 15 is 0 Å². The third-order valence-corrected chi connectivity index (χ3v) is 5.60. The largest absolute Gasteiger partial charge is 0.443 e. The summed E-state index contributed by atoms with van der Waals surface area (Å²) in [5, 5.41) is 14.3. The van der Waals surface area contributed by atoms with Crippen molar-refractivity contribution in [2.75, 3.05) is 11.4 Å². The molecular formula is C25H29N3O6. The summed E-state index contributed by atoms with van der Waals surface area (Å²) in [5.74, 6) is -1.25. The molecule has 0 bridgehead atoms. The first-order valence-electron chi connectivity index (χ1n) is 10.9. The number of benzene rings is 2. The second kappa shape index (κ2) is 8.89. The van der Waals surface area contributed by atoms with Gasteiger partial charge in [-0.1, -0.05) is 47.5 Å². The third kappa shape index (κ3) is 4.50. The van der Waals surface area contributed by atoms with Crippen molar-refractivity contribution in [1.29, 1.82) is 0 Å². The zero-order chi connectivity index (χ0) is 25.4. The van der Waals surface area contributed by atoms with E-state index in [4.69, 9.17) is 4.74 Å². The van der Waals surface area contributed by atoms with Gasteiger partial charge in [-0.05, 0) is 51.8 Å². The highest BCUT2D eigenvalue weighted by Gasteiger charge is 2.60. The predicted molar refractivity (Wildman–Crippen MR) is 126 cm³/mol. The van der Waals surface area contributed by atoms with Gasteiger partial charge in [-0.2, -0.15) is 0 Å². The number of nitrogens with one attached hydrogen (secondary N) is 1. The maximum Gasteiger partial charge on any atom is 0.421 e. The van der Waals surface area contributed by atoms with Gasteiger partial charge in [-0.25, -0.2) is 9.69 Å². The van der Waals surface area contributed by atoms with Crippen molar-refractivity contribution in [3.63, 3.8) is 0 Å². The van der Waals surface area contributed by atoms with Crippen LogP contribution in [0.4, 0.5) is 10.5 Å². The second-order valence-corrected chi connectivity index (χ2v) is 9.59. The van der Waals surface area contributed by atoms with Crippen molar-refractivity contribution in [2.45, 2.75) is 58.6 Å². The average Bonchev–Trinajstić information content (AvgIpc) is 2.93. The van der Waals surface area contributed by atoms with Gasteiger partial charge in [-0.15, -0.1) is 0 Å². The smallest absolute Gasteiger partial charge is 0.421 e. The van der Waals surface area contributed by atoms with E-state index in [2.05, 4.69) is 5.32 Å². The summed E-state index contributed by atoms with van der Waals surface area (Å²) in [7, 11) is 0. The van der Waals surface area contributed by atoms with Crippen molar-refractivity contribution in [2.24, 2.45) is 0 Å². The number of carbonyl (C=O) groups excluding carboxylic acids is 3. The Morgan fingerprint density at radius 1 is 1.15 bits per heavy atom. The summed E-state index contributed by atoms with van der Waals surface area (Å²) >= 11 is 0. The second-order valence-electron chi connectivity index (χ2n) is 9.59. The predicted octanol–water partition coefficient (Wildman–Crippen LogP) is 3.65. The van der Waals surface area contributed by atoms with Gasteiger partial charge in [0, 0.05) is 11.8 Å². The van der Waals surface area contributed by atoms with Crippen LogP contribution < -0.4 is 10.2 Å². The van der Waals surface area contributed by atoms with Gasteiger partial charge in [0.05, 0.1) is 5.69 Å². The van der Waals surface area contributed by atoms with E-state index in [1.807, 2.05) is 19.9 Å². The van der Waals surface area contributed by atoms with Crippen LogP contribution in [-0.4, -0.2) is 41.0 Å². The number of carbonyl (C=O) groups is 3. The Morgan fingerprint density at radius 2 is 1.74 bits per heavy atom. The number of fused-ring (bicyclic) bond motifs is 1. The quantitative estimate of drug-likeness (QED) is 0.530. The highest BCUT2D eigenvalue weighted by molar-refractivity contribution is 6.23. The molecule has 2 atom stereocenters. The molecule has 34 heavy (non-hydrogen) atoms. The Kier molecular flexibility index (Phi) is 6.50. The van der Waals surface area contributed by atoms with Crippen LogP contribution in [-0.2, 0) is 19.7 Å². The molecule has 2 aromatic rings. The Bertz CT molecular complexity index is 1130. The lowest BCUT2D eigenvalue weighted by atomic mass is 9.69. The first kappa shape index (κ1) is 24.9. The number of imide groups is 1. The lowest BCUT2D eigenvalue weighted by Crippen LogP contribution is -2.59. The summed E-state index contributed by atoms with van der Waals surface area (Å²) in [6.07, 6.45) is -0.890. The first-order chi connectivity index (χ1) is 15.8. The van der Waals surface area contributed by atoms with Gasteiger partial charge in [0.1, 0.15) is 17.1 Å². The number of rotatable bonds is 5. The van der Waals surface area contributed by atoms with E-state index in [-0.39, 0.29) is 5.69 Å². The fourth-order valence-electron chi connectivity index (χ4n) is 4.60. The van der Waals surface area contributed by atoms with Crippen LogP contribution >= 0.6 is 0 Å². The molecule has 0 aliphatic carbocycles. The number of nitrogens with zero attached hydrogens (tertiary/aromatic N) is 2. The van der Waals surface area contributed by atoms with Gasteiger partial charge in [-0.3, -0.25) is 19.7 Å². The van der Waals surface area contributed by atoms with E-state index in [0.717, 1.165) is 16.0 Å². The molecule has 3 rings (SSSR count). The van der Waals surface area contributed by atoms with Gasteiger partial charge in [0.15, 0.2) is 0 Å². The lowest BCUT2D eigenvalue weighted by Gasteiger charge is -2.35. The number of hydrogen-bond acceptors (Lipinski definition) is 6. The van der Waals surface area contributed by atoms with Crippen LogP contribution in [0.1, 0.15) is 49.9 Å². The molecule has 3 amide bonds. The Balaban J connectivity index is 2.38. The highest BCUT2D eigenvalue weighted by Crippen LogP contribution is 2.49. The fraction of sp³-hybridized carbons (Fsp3) is 0.400. The minimum atomic E-state index is -1.72. The highest BCUT2D eigenvalue weighted by atomic mass is 16.6. The maximum absolute atomic E-state index is 14.3. The molecule has 1 aliphatic heterocycles. The number of nitro groups is 1. The number of aryl methyl sites for hydroxylation is 2. The van der Waals surface area contributed by atoms with Crippen LogP contribution in [0.2, 0.25) is 0 Å². The van der Waals surface area contributed by atoms with Gasteiger partial charge in [0.2, 0.25) is 12.5 Å². The van der Waals surface area contributed by atoms with E-state index in [0.29, 0.717) is 11.1 Å². The molecular weight excluding hydrogens is 438 g/mol. The van der Waals surface area contributed by atoms with E-state index in [1.165, 1.54) is 6.92 Å². The van der Waals surface area contributed by atoms with Crippen molar-refractivity contribution < 1.29 is 24.0 Å². The van der Waals surface area contributed by atoms with Gasteiger partial charge >= 0.3 is 6.09 Å². The molecule has 1 aliphatic rings. The van der Waals surface area contributed by atoms with Gasteiger partial charge in [0.25, 0.3) is 5.91 Å². The molecule has 9 heteroatoms. The van der Waals surface area contributed by atoms with E-state index in [1.54, 1.807) is 57.2 Å². The Hall–Kier alpha value is -3.75. The summed E-state index contributed by atoms with van der Waals surface area (Å²) in [6.45, 7) is 9.25. The minimum absolute atomic E-state index is 0.264. The zero-order valence-corrected chi connectivity index (χ0v) is 20.2. The Morgan fingerprint density at radius 3 is 2.26 bits per heavy atom. The van der Waals surface area contributed by atoms with Gasteiger partial charge < -0.3 is 10.1 Å². The first-order valence-corrected chi connectivity index (χ1v) is 10.9. The fourth-order valence-corrected chi connectivity index (χ4v) is 4.60. The normalized spacial score (nSPS) is 18.3. The van der Waals surface area contributed by atoms with Crippen LogP contribution in [0.3, 0.4) is 0 Å². The summed E-state index contributed by atoms with van der Waals surface area (Å²) in [4.78, 5) is 51.7.